The van der Waals surface area contributed by atoms with E-state index in [0.29, 0.717) is 22.2 Å². The predicted molar refractivity (Wildman–Crippen MR) is 85.0 cm³/mol. The molecule has 1 atom stereocenters. The Morgan fingerprint density at radius 1 is 1.24 bits per heavy atom. The zero-order valence-electron chi connectivity index (χ0n) is 12.0. The van der Waals surface area contributed by atoms with Gasteiger partial charge in [0.1, 0.15) is 5.78 Å². The summed E-state index contributed by atoms with van der Waals surface area (Å²) in [7, 11) is 0. The molecule has 0 radical (unpaired) electrons. The lowest BCUT2D eigenvalue weighted by Gasteiger charge is -2.37. The lowest BCUT2D eigenvalue weighted by molar-refractivity contribution is -0.135. The Labute approximate surface area is 135 Å². The molecule has 0 bridgehead atoms. The minimum Gasteiger partial charge on any atom is -0.375 e. The first-order valence-electron chi connectivity index (χ1n) is 7.69. The van der Waals surface area contributed by atoms with Crippen molar-refractivity contribution in [2.45, 2.75) is 50.5 Å². The number of hydrogen-bond donors (Lipinski definition) is 0. The van der Waals surface area contributed by atoms with Crippen LogP contribution in [0.25, 0.3) is 0 Å². The highest BCUT2D eigenvalue weighted by atomic mass is 35.5. The van der Waals surface area contributed by atoms with Gasteiger partial charge in [0.2, 0.25) is 0 Å². The lowest BCUT2D eigenvalue weighted by atomic mass is 9.81. The smallest absolute Gasteiger partial charge is 0.140 e. The summed E-state index contributed by atoms with van der Waals surface area (Å²) >= 11 is 11.9. The zero-order valence-corrected chi connectivity index (χ0v) is 13.6. The topological polar surface area (TPSA) is 26.3 Å². The maximum Gasteiger partial charge on any atom is 0.140 e. The van der Waals surface area contributed by atoms with E-state index in [-0.39, 0.29) is 11.5 Å². The zero-order chi connectivity index (χ0) is 14.9. The minimum atomic E-state index is -0.00375. The van der Waals surface area contributed by atoms with Gasteiger partial charge in [0, 0.05) is 18.9 Å². The van der Waals surface area contributed by atoms with Crippen LogP contribution in [0.4, 0.5) is 0 Å². The van der Waals surface area contributed by atoms with Crippen LogP contribution in [0, 0.1) is 5.92 Å². The van der Waals surface area contributed by atoms with Gasteiger partial charge in [0.05, 0.1) is 15.6 Å². The molecule has 21 heavy (non-hydrogen) atoms. The number of rotatable bonds is 3. The van der Waals surface area contributed by atoms with Gasteiger partial charge in [-0.2, -0.15) is 0 Å². The van der Waals surface area contributed by atoms with Gasteiger partial charge in [0.25, 0.3) is 0 Å². The number of carbonyl (C=O) groups is 1. The van der Waals surface area contributed by atoms with Gasteiger partial charge < -0.3 is 4.74 Å². The van der Waals surface area contributed by atoms with E-state index >= 15 is 0 Å². The summed E-state index contributed by atoms with van der Waals surface area (Å²) in [6.07, 6.45) is 6.88. The van der Waals surface area contributed by atoms with E-state index in [1.54, 1.807) is 12.1 Å². The number of hydrogen-bond acceptors (Lipinski definition) is 2. The second kappa shape index (κ2) is 6.28. The van der Waals surface area contributed by atoms with Crippen molar-refractivity contribution in [1.29, 1.82) is 0 Å². The molecular formula is C17H20Cl2O2. The van der Waals surface area contributed by atoms with Crippen LogP contribution in [0.5, 0.6) is 0 Å². The molecule has 1 saturated carbocycles. The fourth-order valence-corrected chi connectivity index (χ4v) is 3.99. The average molecular weight is 327 g/mol. The van der Waals surface area contributed by atoms with Crippen LogP contribution < -0.4 is 0 Å². The monoisotopic (exact) mass is 326 g/mol. The Kier molecular flexibility index (Phi) is 4.58. The fraction of sp³-hybridized carbons (Fsp3) is 0.588. The molecule has 1 heterocycles. The molecule has 1 unspecified atom stereocenters. The Balaban J connectivity index is 1.65. The Morgan fingerprint density at radius 2 is 2.00 bits per heavy atom. The highest BCUT2D eigenvalue weighted by Gasteiger charge is 2.41. The molecule has 1 aromatic carbocycles. The highest BCUT2D eigenvalue weighted by Crippen LogP contribution is 2.42. The predicted octanol–water partition coefficient (Wildman–Crippen LogP) is 4.84. The molecule has 2 nitrogen and oxygen atoms in total. The molecule has 1 aromatic rings. The molecule has 3 rings (SSSR count). The van der Waals surface area contributed by atoms with Crippen molar-refractivity contribution in [3.63, 3.8) is 0 Å². The number of ketones is 1. The quantitative estimate of drug-likeness (QED) is 0.794. The maximum absolute atomic E-state index is 12.6. The molecule has 1 aliphatic heterocycles. The largest absolute Gasteiger partial charge is 0.375 e. The minimum absolute atomic E-state index is 0.00375. The summed E-state index contributed by atoms with van der Waals surface area (Å²) in [5, 5.41) is 1.05. The number of carbonyl (C=O) groups excluding carboxylic acids is 1. The molecule has 1 aliphatic carbocycles. The normalized spacial score (nSPS) is 24.4. The van der Waals surface area contributed by atoms with Crippen molar-refractivity contribution in [2.24, 2.45) is 5.92 Å². The Bertz CT molecular complexity index is 536. The standard InChI is InChI=1S/C17H20Cl2O2/c18-14-4-3-12(9-15(14)19)10-16(20)13-5-8-21-17(11-13)6-1-2-7-17/h3-4,9,13H,1-2,5-8,10-11H2. The van der Waals surface area contributed by atoms with Gasteiger partial charge in [-0.1, -0.05) is 42.1 Å². The van der Waals surface area contributed by atoms with Crippen LogP contribution in [-0.4, -0.2) is 18.0 Å². The van der Waals surface area contributed by atoms with Crippen molar-refractivity contribution in [3.05, 3.63) is 33.8 Å². The third-order valence-electron chi connectivity index (χ3n) is 4.83. The molecule has 0 amide bonds. The average Bonchev–Trinajstić information content (AvgIpc) is 2.91. The second-order valence-electron chi connectivity index (χ2n) is 6.32. The first-order chi connectivity index (χ1) is 10.1. The third-order valence-corrected chi connectivity index (χ3v) is 5.56. The molecule has 4 heteroatoms. The van der Waals surface area contributed by atoms with Gasteiger partial charge in [-0.15, -0.1) is 0 Å². The number of ether oxygens (including phenoxy) is 1. The maximum atomic E-state index is 12.6. The molecule has 0 aromatic heterocycles. The van der Waals surface area contributed by atoms with Gasteiger partial charge >= 0.3 is 0 Å². The molecule has 2 fully saturated rings. The SMILES string of the molecule is O=C(Cc1ccc(Cl)c(Cl)c1)C1CCOC2(CCCC2)C1. The van der Waals surface area contributed by atoms with E-state index in [9.17, 15) is 4.79 Å². The van der Waals surface area contributed by atoms with Crippen LogP contribution in [0.2, 0.25) is 10.0 Å². The second-order valence-corrected chi connectivity index (χ2v) is 7.13. The van der Waals surface area contributed by atoms with Crippen LogP contribution >= 0.6 is 23.2 Å². The molecule has 1 spiro atoms. The molecule has 114 valence electrons. The number of halogens is 2. The summed E-state index contributed by atoms with van der Waals surface area (Å²) in [5.41, 5.74) is 0.942. The van der Waals surface area contributed by atoms with E-state index < -0.39 is 0 Å². The Morgan fingerprint density at radius 3 is 2.71 bits per heavy atom. The van der Waals surface area contributed by atoms with Gasteiger partial charge in [-0.3, -0.25) is 4.79 Å². The molecule has 0 N–H and O–H groups in total. The summed E-state index contributed by atoms with van der Waals surface area (Å²) in [5.74, 6) is 0.439. The first-order valence-corrected chi connectivity index (χ1v) is 8.44. The van der Waals surface area contributed by atoms with Crippen LogP contribution in [0.3, 0.4) is 0 Å². The molecular weight excluding hydrogens is 307 g/mol. The first kappa shape index (κ1) is 15.3. The van der Waals surface area contributed by atoms with E-state index in [1.807, 2.05) is 6.07 Å². The van der Waals surface area contributed by atoms with Crippen LogP contribution in [0.1, 0.15) is 44.1 Å². The van der Waals surface area contributed by atoms with Gasteiger partial charge in [-0.05, 0) is 43.4 Å². The van der Waals surface area contributed by atoms with Crippen LogP contribution in [-0.2, 0) is 16.0 Å². The summed E-state index contributed by atoms with van der Waals surface area (Å²) in [6.45, 7) is 0.720. The Hall–Kier alpha value is -0.570. The number of Topliss-reactive ketones (excluding diaryl/α,β-unsaturated/α-hetero) is 1. The van der Waals surface area contributed by atoms with Gasteiger partial charge in [-0.25, -0.2) is 0 Å². The molecule has 2 aliphatic rings. The summed E-state index contributed by atoms with van der Waals surface area (Å²) in [6, 6.07) is 5.44. The third kappa shape index (κ3) is 3.44. The van der Waals surface area contributed by atoms with E-state index in [1.165, 1.54) is 12.8 Å². The fourth-order valence-electron chi connectivity index (χ4n) is 3.67. The van der Waals surface area contributed by atoms with E-state index in [2.05, 4.69) is 0 Å². The highest BCUT2D eigenvalue weighted by molar-refractivity contribution is 6.42. The van der Waals surface area contributed by atoms with Crippen molar-refractivity contribution in [2.75, 3.05) is 6.61 Å². The lowest BCUT2D eigenvalue weighted by Crippen LogP contribution is -2.40. The van der Waals surface area contributed by atoms with E-state index in [4.69, 9.17) is 27.9 Å². The summed E-state index contributed by atoms with van der Waals surface area (Å²) < 4.78 is 6.00. The van der Waals surface area contributed by atoms with Crippen molar-refractivity contribution in [1.82, 2.24) is 0 Å². The number of benzene rings is 1. The summed E-state index contributed by atoms with van der Waals surface area (Å²) in [4.78, 5) is 12.6. The van der Waals surface area contributed by atoms with Crippen molar-refractivity contribution >= 4 is 29.0 Å². The molecule has 1 saturated heterocycles. The van der Waals surface area contributed by atoms with Crippen LogP contribution in [0.15, 0.2) is 18.2 Å². The van der Waals surface area contributed by atoms with Crippen molar-refractivity contribution < 1.29 is 9.53 Å². The van der Waals surface area contributed by atoms with Crippen molar-refractivity contribution in [3.8, 4) is 0 Å². The van der Waals surface area contributed by atoms with E-state index in [0.717, 1.165) is 37.9 Å². The van der Waals surface area contributed by atoms with Gasteiger partial charge in [0.15, 0.2) is 0 Å².